The number of hydrogen-bond acceptors (Lipinski definition) is 5. The van der Waals surface area contributed by atoms with Gasteiger partial charge in [0.15, 0.2) is 5.82 Å². The highest BCUT2D eigenvalue weighted by Gasteiger charge is 2.18. The maximum Gasteiger partial charge on any atom is 0.163 e. The van der Waals surface area contributed by atoms with Crippen LogP contribution >= 0.6 is 0 Å². The third kappa shape index (κ3) is 4.28. The van der Waals surface area contributed by atoms with Crippen molar-refractivity contribution in [2.45, 2.75) is 44.8 Å². The summed E-state index contributed by atoms with van der Waals surface area (Å²) in [5.41, 5.74) is 2.74. The van der Waals surface area contributed by atoms with Crippen LogP contribution in [0, 0.1) is 0 Å². The first-order valence-electron chi connectivity index (χ1n) is 9.73. The van der Waals surface area contributed by atoms with Crippen molar-refractivity contribution in [3.8, 4) is 11.4 Å². The van der Waals surface area contributed by atoms with Crippen LogP contribution in [0.3, 0.4) is 0 Å². The smallest absolute Gasteiger partial charge is 0.163 e. The Morgan fingerprint density at radius 2 is 1.93 bits per heavy atom. The predicted molar refractivity (Wildman–Crippen MR) is 107 cm³/mol. The summed E-state index contributed by atoms with van der Waals surface area (Å²) in [4.78, 5) is 12.9. The molecule has 3 N–H and O–H groups in total. The number of rotatable bonds is 7. The van der Waals surface area contributed by atoms with Gasteiger partial charge in [-0.05, 0) is 18.9 Å². The van der Waals surface area contributed by atoms with Crippen LogP contribution in [0.15, 0.2) is 36.4 Å². The first-order chi connectivity index (χ1) is 13.3. The van der Waals surface area contributed by atoms with Crippen LogP contribution in [-0.2, 0) is 11.3 Å². The Labute approximate surface area is 159 Å². The largest absolute Gasteiger partial charge is 0.394 e. The second-order valence-electron chi connectivity index (χ2n) is 7.07. The van der Waals surface area contributed by atoms with Gasteiger partial charge >= 0.3 is 0 Å². The fraction of sp³-hybridized carbons (Fsp3) is 0.429. The van der Waals surface area contributed by atoms with E-state index in [1.165, 1.54) is 32.1 Å². The number of hydrogen-bond donors (Lipinski definition) is 3. The molecule has 0 amide bonds. The maximum atomic E-state index is 8.91. The van der Waals surface area contributed by atoms with Crippen molar-refractivity contribution in [3.63, 3.8) is 0 Å². The normalized spacial score (nSPS) is 15.3. The minimum absolute atomic E-state index is 0.0205. The van der Waals surface area contributed by atoms with Gasteiger partial charge in [0, 0.05) is 17.3 Å². The van der Waals surface area contributed by atoms with Crippen molar-refractivity contribution >= 4 is 16.9 Å². The average Bonchev–Trinajstić information content (AvgIpc) is 3.13. The Kier molecular flexibility index (Phi) is 5.65. The van der Waals surface area contributed by atoms with Gasteiger partial charge in [-0.2, -0.15) is 0 Å². The van der Waals surface area contributed by atoms with E-state index in [0.29, 0.717) is 25.1 Å². The molecule has 2 aromatic heterocycles. The average molecular weight is 366 g/mol. The van der Waals surface area contributed by atoms with Crippen molar-refractivity contribution in [2.75, 3.05) is 18.5 Å². The zero-order chi connectivity index (χ0) is 18.5. The molecule has 1 fully saturated rings. The van der Waals surface area contributed by atoms with Crippen LogP contribution in [0.25, 0.3) is 22.4 Å². The van der Waals surface area contributed by atoms with E-state index in [-0.39, 0.29) is 6.61 Å². The van der Waals surface area contributed by atoms with E-state index in [1.807, 2.05) is 36.4 Å². The molecule has 6 heteroatoms. The second-order valence-corrected chi connectivity index (χ2v) is 7.07. The molecule has 3 aromatic rings. The van der Waals surface area contributed by atoms with Gasteiger partial charge in [0.2, 0.25) is 0 Å². The summed E-state index contributed by atoms with van der Waals surface area (Å²) in [5.74, 6) is 1.60. The first-order valence-corrected chi connectivity index (χ1v) is 9.73. The maximum absolute atomic E-state index is 8.91. The van der Waals surface area contributed by atoms with Crippen molar-refractivity contribution in [2.24, 2.45) is 0 Å². The number of ether oxygens (including phenoxy) is 1. The summed E-state index contributed by atoms with van der Waals surface area (Å²) in [6.45, 7) is 0.761. The molecular formula is C21H26N4O2. The van der Waals surface area contributed by atoms with Gasteiger partial charge in [-0.1, -0.05) is 49.6 Å². The van der Waals surface area contributed by atoms with Gasteiger partial charge in [0.1, 0.15) is 11.5 Å². The SMILES string of the molecule is OCCOCc1cc2c(NC3CCCCC3)nc(-c3ccccc3)nc2[nH]1. The number of nitrogens with one attached hydrogen (secondary N) is 2. The van der Waals surface area contributed by atoms with Crippen LogP contribution in [-0.4, -0.2) is 39.3 Å². The molecule has 4 rings (SSSR count). The van der Waals surface area contributed by atoms with Crippen LogP contribution in [0.1, 0.15) is 37.8 Å². The van der Waals surface area contributed by atoms with Gasteiger partial charge < -0.3 is 20.1 Å². The number of aliphatic hydroxyl groups excluding tert-OH is 1. The lowest BCUT2D eigenvalue weighted by molar-refractivity contribution is 0.0800. The van der Waals surface area contributed by atoms with E-state index >= 15 is 0 Å². The van der Waals surface area contributed by atoms with E-state index in [4.69, 9.17) is 19.8 Å². The predicted octanol–water partition coefficient (Wildman–Crippen LogP) is 3.88. The molecule has 0 bridgehead atoms. The number of aromatic amines is 1. The number of H-pyrrole nitrogens is 1. The summed E-state index contributed by atoms with van der Waals surface area (Å²) < 4.78 is 5.45. The zero-order valence-electron chi connectivity index (χ0n) is 15.4. The van der Waals surface area contributed by atoms with Crippen molar-refractivity contribution in [3.05, 3.63) is 42.1 Å². The minimum atomic E-state index is 0.0205. The molecular weight excluding hydrogens is 340 g/mol. The fourth-order valence-electron chi connectivity index (χ4n) is 3.65. The Morgan fingerprint density at radius 1 is 1.11 bits per heavy atom. The molecule has 2 heterocycles. The minimum Gasteiger partial charge on any atom is -0.394 e. The Morgan fingerprint density at radius 3 is 2.70 bits per heavy atom. The molecule has 6 nitrogen and oxygen atoms in total. The van der Waals surface area contributed by atoms with E-state index in [2.05, 4.69) is 10.3 Å². The van der Waals surface area contributed by atoms with Crippen LogP contribution in [0.5, 0.6) is 0 Å². The van der Waals surface area contributed by atoms with Crippen molar-refractivity contribution < 1.29 is 9.84 Å². The monoisotopic (exact) mass is 366 g/mol. The molecule has 0 radical (unpaired) electrons. The van der Waals surface area contributed by atoms with Gasteiger partial charge in [-0.15, -0.1) is 0 Å². The third-order valence-corrected chi connectivity index (χ3v) is 5.01. The molecule has 1 saturated carbocycles. The molecule has 142 valence electrons. The van der Waals surface area contributed by atoms with E-state index in [0.717, 1.165) is 28.1 Å². The highest BCUT2D eigenvalue weighted by Crippen LogP contribution is 2.29. The number of fused-ring (bicyclic) bond motifs is 1. The molecule has 0 saturated heterocycles. The summed E-state index contributed by atoms with van der Waals surface area (Å²) in [6.07, 6.45) is 6.23. The molecule has 0 unspecified atom stereocenters. The number of aliphatic hydroxyl groups is 1. The molecule has 1 aliphatic carbocycles. The lowest BCUT2D eigenvalue weighted by atomic mass is 9.95. The Balaban J connectivity index is 1.69. The van der Waals surface area contributed by atoms with E-state index in [1.54, 1.807) is 0 Å². The van der Waals surface area contributed by atoms with Crippen LogP contribution in [0.4, 0.5) is 5.82 Å². The van der Waals surface area contributed by atoms with E-state index in [9.17, 15) is 0 Å². The lowest BCUT2D eigenvalue weighted by Gasteiger charge is -2.23. The van der Waals surface area contributed by atoms with Gasteiger partial charge in [0.25, 0.3) is 0 Å². The van der Waals surface area contributed by atoms with E-state index < -0.39 is 0 Å². The number of anilines is 1. The number of nitrogens with zero attached hydrogens (tertiary/aromatic N) is 2. The van der Waals surface area contributed by atoms with Crippen LogP contribution in [0.2, 0.25) is 0 Å². The summed E-state index contributed by atoms with van der Waals surface area (Å²) in [6, 6.07) is 12.6. The first kappa shape index (κ1) is 17.9. The van der Waals surface area contributed by atoms with Crippen LogP contribution < -0.4 is 5.32 Å². The number of aromatic nitrogens is 3. The molecule has 27 heavy (non-hydrogen) atoms. The van der Waals surface area contributed by atoms with Crippen molar-refractivity contribution in [1.82, 2.24) is 15.0 Å². The van der Waals surface area contributed by atoms with Gasteiger partial charge in [-0.25, -0.2) is 9.97 Å². The molecule has 1 aliphatic rings. The lowest BCUT2D eigenvalue weighted by Crippen LogP contribution is -2.23. The molecule has 0 spiro atoms. The van der Waals surface area contributed by atoms with Gasteiger partial charge in [-0.3, -0.25) is 0 Å². The van der Waals surface area contributed by atoms with Crippen molar-refractivity contribution in [1.29, 1.82) is 0 Å². The zero-order valence-corrected chi connectivity index (χ0v) is 15.4. The molecule has 0 aliphatic heterocycles. The molecule has 1 aromatic carbocycles. The molecule has 0 atom stereocenters. The summed E-state index contributed by atoms with van der Waals surface area (Å²) in [7, 11) is 0. The third-order valence-electron chi connectivity index (χ3n) is 5.01. The Hall–Kier alpha value is -2.44. The van der Waals surface area contributed by atoms with Gasteiger partial charge in [0.05, 0.1) is 25.2 Å². The Bertz CT molecular complexity index is 873. The summed E-state index contributed by atoms with van der Waals surface area (Å²) >= 11 is 0. The second kappa shape index (κ2) is 8.50. The number of benzene rings is 1. The standard InChI is InChI=1S/C21H26N4O2/c26-11-12-27-14-17-13-18-20(22-16-9-5-2-6-10-16)24-19(25-21(18)23-17)15-7-3-1-4-8-15/h1,3-4,7-8,13,16,26H,2,5-6,9-12,14H2,(H2,22,23,24,25). The quantitative estimate of drug-likeness (QED) is 0.553. The topological polar surface area (TPSA) is 83.1 Å². The highest BCUT2D eigenvalue weighted by atomic mass is 16.5. The highest BCUT2D eigenvalue weighted by molar-refractivity contribution is 5.89. The fourth-order valence-corrected chi connectivity index (χ4v) is 3.65. The summed E-state index contributed by atoms with van der Waals surface area (Å²) in [5, 5.41) is 13.6.